The van der Waals surface area contributed by atoms with Crippen molar-refractivity contribution in [3.05, 3.63) is 29.6 Å². The topological polar surface area (TPSA) is 18.5 Å². The van der Waals surface area contributed by atoms with Gasteiger partial charge in [0.1, 0.15) is 0 Å². The van der Waals surface area contributed by atoms with E-state index in [1.807, 2.05) is 0 Å². The second-order valence-electron chi connectivity index (χ2n) is 6.37. The summed E-state index contributed by atoms with van der Waals surface area (Å²) in [6, 6.07) is 8.64. The standard InChI is InChI=1S/C20H31BO2S2/c1-3-5-7-9-15-22-21(23-16-10-8-6-4-2)20-14-13-19(25-20)18-12-11-17-24-18/h11-14,17H,3-10,15-16H2,1-2H3. The van der Waals surface area contributed by atoms with E-state index in [0.717, 1.165) is 26.1 Å². The van der Waals surface area contributed by atoms with Crippen LogP contribution < -0.4 is 4.78 Å². The van der Waals surface area contributed by atoms with Crippen LogP contribution in [0.3, 0.4) is 0 Å². The Labute approximate surface area is 161 Å². The minimum atomic E-state index is -0.207. The highest BCUT2D eigenvalue weighted by atomic mass is 32.1. The van der Waals surface area contributed by atoms with Crippen LogP contribution in [0, 0.1) is 0 Å². The molecule has 0 radical (unpaired) electrons. The van der Waals surface area contributed by atoms with Gasteiger partial charge in [-0.25, -0.2) is 0 Å². The van der Waals surface area contributed by atoms with Gasteiger partial charge >= 0.3 is 7.12 Å². The van der Waals surface area contributed by atoms with E-state index < -0.39 is 0 Å². The van der Waals surface area contributed by atoms with Gasteiger partial charge in [0, 0.05) is 27.7 Å². The Morgan fingerprint density at radius 3 is 2.04 bits per heavy atom. The SMILES string of the molecule is CCCCCCOB(OCCCCCC)c1ccc(-c2cccs2)s1. The first-order valence-electron chi connectivity index (χ1n) is 9.72. The molecule has 0 aromatic carbocycles. The van der Waals surface area contributed by atoms with Gasteiger partial charge in [0.2, 0.25) is 0 Å². The molecule has 0 aliphatic rings. The molecular weight excluding hydrogens is 347 g/mol. The molecule has 2 aromatic heterocycles. The molecule has 0 saturated heterocycles. The lowest BCUT2D eigenvalue weighted by atomic mass is 9.87. The van der Waals surface area contributed by atoms with E-state index in [-0.39, 0.29) is 7.12 Å². The number of hydrogen-bond donors (Lipinski definition) is 0. The molecule has 0 N–H and O–H groups in total. The predicted octanol–water partition coefficient (Wildman–Crippen LogP) is 6.37. The van der Waals surface area contributed by atoms with Gasteiger partial charge in [0.15, 0.2) is 0 Å². The van der Waals surface area contributed by atoms with E-state index in [1.54, 1.807) is 22.7 Å². The van der Waals surface area contributed by atoms with Crippen molar-refractivity contribution in [1.29, 1.82) is 0 Å². The van der Waals surface area contributed by atoms with Crippen LogP contribution in [0.2, 0.25) is 0 Å². The number of thiophene rings is 2. The smallest absolute Gasteiger partial charge is 0.407 e. The van der Waals surface area contributed by atoms with Gasteiger partial charge in [-0.05, 0) is 30.4 Å². The molecule has 138 valence electrons. The maximum absolute atomic E-state index is 6.10. The van der Waals surface area contributed by atoms with E-state index in [2.05, 4.69) is 43.5 Å². The fourth-order valence-corrected chi connectivity index (χ4v) is 4.52. The lowest BCUT2D eigenvalue weighted by Gasteiger charge is -2.13. The lowest BCUT2D eigenvalue weighted by molar-refractivity contribution is 0.200. The maximum Gasteiger partial charge on any atom is 0.504 e. The Balaban J connectivity index is 1.88. The van der Waals surface area contributed by atoms with Gasteiger partial charge in [-0.2, -0.15) is 0 Å². The Bertz CT molecular complexity index is 540. The van der Waals surface area contributed by atoms with Gasteiger partial charge in [0.25, 0.3) is 0 Å². The van der Waals surface area contributed by atoms with Gasteiger partial charge in [-0.1, -0.05) is 64.5 Å². The van der Waals surface area contributed by atoms with Crippen molar-refractivity contribution in [1.82, 2.24) is 0 Å². The highest BCUT2D eigenvalue weighted by molar-refractivity contribution is 7.27. The Morgan fingerprint density at radius 1 is 0.800 bits per heavy atom. The average Bonchev–Trinajstić information content (AvgIpc) is 3.30. The van der Waals surface area contributed by atoms with Crippen molar-refractivity contribution in [3.63, 3.8) is 0 Å². The van der Waals surface area contributed by atoms with Crippen LogP contribution in [0.4, 0.5) is 0 Å². The maximum atomic E-state index is 6.10. The minimum Gasteiger partial charge on any atom is -0.407 e. The molecule has 0 fully saturated rings. The second-order valence-corrected chi connectivity index (χ2v) is 8.44. The van der Waals surface area contributed by atoms with E-state index in [0.29, 0.717) is 0 Å². The molecule has 0 aliphatic carbocycles. The summed E-state index contributed by atoms with van der Waals surface area (Å²) in [5.74, 6) is 0. The molecule has 0 amide bonds. The Morgan fingerprint density at radius 2 is 1.48 bits per heavy atom. The van der Waals surface area contributed by atoms with Crippen molar-refractivity contribution in [2.24, 2.45) is 0 Å². The van der Waals surface area contributed by atoms with E-state index in [4.69, 9.17) is 9.31 Å². The zero-order chi connectivity index (χ0) is 17.7. The summed E-state index contributed by atoms with van der Waals surface area (Å²) >= 11 is 3.58. The van der Waals surface area contributed by atoms with Gasteiger partial charge in [0.05, 0.1) is 0 Å². The lowest BCUT2D eigenvalue weighted by Crippen LogP contribution is -2.35. The first-order valence-corrected chi connectivity index (χ1v) is 11.4. The van der Waals surface area contributed by atoms with E-state index in [9.17, 15) is 0 Å². The molecule has 0 bridgehead atoms. The van der Waals surface area contributed by atoms with Crippen LogP contribution in [0.25, 0.3) is 9.75 Å². The Kier molecular flexibility index (Phi) is 10.5. The van der Waals surface area contributed by atoms with Crippen molar-refractivity contribution in [2.45, 2.75) is 65.2 Å². The molecule has 2 nitrogen and oxygen atoms in total. The molecule has 5 heteroatoms. The summed E-state index contributed by atoms with van der Waals surface area (Å²) in [6.45, 7) is 6.04. The molecule has 2 aromatic rings. The first-order chi connectivity index (χ1) is 12.3. The van der Waals surface area contributed by atoms with E-state index >= 15 is 0 Å². The van der Waals surface area contributed by atoms with Crippen LogP contribution in [-0.4, -0.2) is 20.3 Å². The van der Waals surface area contributed by atoms with Crippen molar-refractivity contribution in [2.75, 3.05) is 13.2 Å². The Hall–Kier alpha value is -0.615. The molecule has 0 spiro atoms. The van der Waals surface area contributed by atoms with Crippen LogP contribution in [0.5, 0.6) is 0 Å². The van der Waals surface area contributed by atoms with Gasteiger partial charge in [-0.3, -0.25) is 0 Å². The molecule has 0 unspecified atom stereocenters. The minimum absolute atomic E-state index is 0.207. The second kappa shape index (κ2) is 12.7. The normalized spacial score (nSPS) is 11.1. The third-order valence-electron chi connectivity index (χ3n) is 4.16. The molecule has 0 saturated carbocycles. The van der Waals surface area contributed by atoms with Gasteiger partial charge in [-0.15, -0.1) is 22.7 Å². The average molecular weight is 378 g/mol. The number of rotatable bonds is 14. The summed E-state index contributed by atoms with van der Waals surface area (Å²) in [4.78, 5) is 2.63. The summed E-state index contributed by atoms with van der Waals surface area (Å²) in [6.07, 6.45) is 9.80. The molecule has 0 atom stereocenters. The zero-order valence-corrected chi connectivity index (χ0v) is 17.3. The van der Waals surface area contributed by atoms with Crippen LogP contribution in [0.15, 0.2) is 29.6 Å². The predicted molar refractivity (Wildman–Crippen MR) is 113 cm³/mol. The summed E-state index contributed by atoms with van der Waals surface area (Å²) in [5.41, 5.74) is 0. The van der Waals surface area contributed by atoms with Crippen molar-refractivity contribution in [3.8, 4) is 9.75 Å². The molecule has 25 heavy (non-hydrogen) atoms. The van der Waals surface area contributed by atoms with Crippen LogP contribution in [0.1, 0.15) is 65.2 Å². The first kappa shape index (κ1) is 20.7. The quantitative estimate of drug-likeness (QED) is 0.281. The summed E-state index contributed by atoms with van der Waals surface area (Å²) in [5, 5.41) is 2.13. The molecule has 0 aliphatic heterocycles. The highest BCUT2D eigenvalue weighted by Gasteiger charge is 2.23. The monoisotopic (exact) mass is 378 g/mol. The van der Waals surface area contributed by atoms with Crippen LogP contribution in [-0.2, 0) is 9.31 Å². The van der Waals surface area contributed by atoms with Crippen molar-refractivity contribution >= 4 is 34.6 Å². The fourth-order valence-electron chi connectivity index (χ4n) is 2.68. The zero-order valence-electron chi connectivity index (χ0n) is 15.7. The summed E-state index contributed by atoms with van der Waals surface area (Å²) < 4.78 is 13.4. The number of unbranched alkanes of at least 4 members (excludes halogenated alkanes) is 6. The third-order valence-corrected chi connectivity index (χ3v) is 6.33. The van der Waals surface area contributed by atoms with Gasteiger partial charge < -0.3 is 9.31 Å². The largest absolute Gasteiger partial charge is 0.504 e. The van der Waals surface area contributed by atoms with Crippen molar-refractivity contribution < 1.29 is 9.31 Å². The molecule has 2 heterocycles. The molecule has 2 rings (SSSR count). The highest BCUT2D eigenvalue weighted by Crippen LogP contribution is 2.28. The fraction of sp³-hybridized carbons (Fsp3) is 0.600. The third kappa shape index (κ3) is 7.65. The number of hydrogen-bond acceptors (Lipinski definition) is 4. The summed E-state index contributed by atoms with van der Waals surface area (Å²) in [7, 11) is -0.207. The van der Waals surface area contributed by atoms with E-state index in [1.165, 1.54) is 53.1 Å². The molecular formula is C20H31BO2S2. The van der Waals surface area contributed by atoms with Crippen LogP contribution >= 0.6 is 22.7 Å².